The molecule has 1 aliphatic rings. The zero-order chi connectivity index (χ0) is 13.5. The van der Waals surface area contributed by atoms with E-state index in [1.165, 1.54) is 12.8 Å². The second-order valence-electron chi connectivity index (χ2n) is 5.11. The Morgan fingerprint density at radius 3 is 3.16 bits per heavy atom. The van der Waals surface area contributed by atoms with E-state index >= 15 is 0 Å². The minimum atomic E-state index is -0.178. The van der Waals surface area contributed by atoms with Crippen LogP contribution in [0.3, 0.4) is 0 Å². The van der Waals surface area contributed by atoms with Crippen molar-refractivity contribution in [2.75, 3.05) is 19.6 Å². The van der Waals surface area contributed by atoms with Crippen LogP contribution in [-0.2, 0) is 6.42 Å². The number of carbonyl (C=O) groups is 1. The lowest BCUT2D eigenvalue weighted by molar-refractivity contribution is 0.0940. The van der Waals surface area contributed by atoms with E-state index in [4.69, 9.17) is 0 Å². The highest BCUT2D eigenvalue weighted by molar-refractivity contribution is 5.90. The van der Waals surface area contributed by atoms with Crippen LogP contribution in [0.15, 0.2) is 0 Å². The first-order chi connectivity index (χ1) is 9.29. The van der Waals surface area contributed by atoms with E-state index in [2.05, 4.69) is 32.7 Å². The van der Waals surface area contributed by atoms with Crippen LogP contribution in [0.5, 0.6) is 0 Å². The molecule has 1 atom stereocenters. The molecule has 0 bridgehead atoms. The largest absolute Gasteiger partial charge is 0.349 e. The maximum atomic E-state index is 11.8. The number of carbonyl (C=O) groups excluding carboxylic acids is 1. The third-order valence-corrected chi connectivity index (χ3v) is 3.46. The molecule has 6 nitrogen and oxygen atoms in total. The van der Waals surface area contributed by atoms with E-state index < -0.39 is 0 Å². The fourth-order valence-corrected chi connectivity index (χ4v) is 2.38. The Balaban J connectivity index is 1.70. The van der Waals surface area contributed by atoms with Gasteiger partial charge < -0.3 is 10.6 Å². The van der Waals surface area contributed by atoms with Gasteiger partial charge >= 0.3 is 0 Å². The number of nitrogens with one attached hydrogen (secondary N) is 3. The minimum absolute atomic E-state index is 0.178. The first kappa shape index (κ1) is 14.0. The van der Waals surface area contributed by atoms with Crippen molar-refractivity contribution in [2.45, 2.75) is 39.0 Å². The number of rotatable bonds is 6. The highest BCUT2D eigenvalue weighted by Gasteiger charge is 2.15. The number of piperidine rings is 1. The van der Waals surface area contributed by atoms with Gasteiger partial charge in [-0.1, -0.05) is 6.92 Å². The van der Waals surface area contributed by atoms with Crippen LogP contribution < -0.4 is 10.6 Å². The molecule has 106 valence electrons. The van der Waals surface area contributed by atoms with Crippen LogP contribution in [0.4, 0.5) is 0 Å². The molecular formula is C13H23N5O. The quantitative estimate of drug-likeness (QED) is 0.713. The van der Waals surface area contributed by atoms with Gasteiger partial charge in [-0.25, -0.2) is 4.98 Å². The van der Waals surface area contributed by atoms with Crippen LogP contribution in [0.25, 0.3) is 0 Å². The summed E-state index contributed by atoms with van der Waals surface area (Å²) in [6, 6.07) is 0. The Kier molecular flexibility index (Phi) is 5.32. The fraction of sp³-hybridized carbons (Fsp3) is 0.769. The predicted molar refractivity (Wildman–Crippen MR) is 72.9 cm³/mol. The molecule has 1 saturated heterocycles. The van der Waals surface area contributed by atoms with E-state index in [-0.39, 0.29) is 11.7 Å². The second-order valence-corrected chi connectivity index (χ2v) is 5.11. The first-order valence-corrected chi connectivity index (χ1v) is 7.19. The predicted octanol–water partition coefficient (Wildman–Crippen LogP) is 0.877. The van der Waals surface area contributed by atoms with Gasteiger partial charge in [0.15, 0.2) is 0 Å². The van der Waals surface area contributed by atoms with Crippen molar-refractivity contribution in [2.24, 2.45) is 5.92 Å². The van der Waals surface area contributed by atoms with E-state index in [0.717, 1.165) is 38.2 Å². The van der Waals surface area contributed by atoms with Gasteiger partial charge in [0.1, 0.15) is 5.82 Å². The van der Waals surface area contributed by atoms with Crippen molar-refractivity contribution in [1.82, 2.24) is 25.8 Å². The summed E-state index contributed by atoms with van der Waals surface area (Å²) in [5, 5.41) is 13.0. The summed E-state index contributed by atoms with van der Waals surface area (Å²) in [4.78, 5) is 16.0. The molecule has 19 heavy (non-hydrogen) atoms. The van der Waals surface area contributed by atoms with E-state index in [0.29, 0.717) is 12.5 Å². The van der Waals surface area contributed by atoms with Gasteiger partial charge in [0, 0.05) is 13.0 Å². The van der Waals surface area contributed by atoms with Crippen molar-refractivity contribution in [1.29, 1.82) is 0 Å². The molecule has 0 aromatic carbocycles. The molecule has 1 aliphatic heterocycles. The fourth-order valence-electron chi connectivity index (χ4n) is 2.38. The molecular weight excluding hydrogens is 242 g/mol. The van der Waals surface area contributed by atoms with E-state index in [1.54, 1.807) is 0 Å². The maximum absolute atomic E-state index is 11.8. The van der Waals surface area contributed by atoms with Crippen molar-refractivity contribution >= 4 is 5.91 Å². The molecule has 0 aliphatic carbocycles. The second kappa shape index (κ2) is 7.23. The number of aromatic amines is 1. The smallest absolute Gasteiger partial charge is 0.290 e. The first-order valence-electron chi connectivity index (χ1n) is 7.19. The van der Waals surface area contributed by atoms with Crippen molar-refractivity contribution in [3.63, 3.8) is 0 Å². The number of aryl methyl sites for hydroxylation is 1. The Morgan fingerprint density at radius 1 is 1.53 bits per heavy atom. The molecule has 1 aromatic rings. The monoisotopic (exact) mass is 265 g/mol. The summed E-state index contributed by atoms with van der Waals surface area (Å²) >= 11 is 0. The molecule has 0 spiro atoms. The molecule has 1 amide bonds. The van der Waals surface area contributed by atoms with Crippen LogP contribution in [0, 0.1) is 5.92 Å². The summed E-state index contributed by atoms with van der Waals surface area (Å²) in [6.45, 7) is 4.96. The van der Waals surface area contributed by atoms with Gasteiger partial charge in [0.2, 0.25) is 5.82 Å². The van der Waals surface area contributed by atoms with Gasteiger partial charge in [-0.15, -0.1) is 5.10 Å². The summed E-state index contributed by atoms with van der Waals surface area (Å²) in [5.41, 5.74) is 0. The summed E-state index contributed by atoms with van der Waals surface area (Å²) in [7, 11) is 0. The topological polar surface area (TPSA) is 82.7 Å². The Hall–Kier alpha value is -1.43. The molecule has 0 radical (unpaired) electrons. The molecule has 6 heteroatoms. The SMILES string of the molecule is CCCc1nc(C(=O)NCCC2CCCNC2)n[nH]1. The van der Waals surface area contributed by atoms with Crippen molar-refractivity contribution < 1.29 is 4.79 Å². The Morgan fingerprint density at radius 2 is 2.42 bits per heavy atom. The van der Waals surface area contributed by atoms with Gasteiger partial charge in [0.05, 0.1) is 0 Å². The third kappa shape index (κ3) is 4.31. The van der Waals surface area contributed by atoms with Gasteiger partial charge in [0.25, 0.3) is 5.91 Å². The van der Waals surface area contributed by atoms with Gasteiger partial charge in [-0.05, 0) is 44.7 Å². The number of nitrogens with zero attached hydrogens (tertiary/aromatic N) is 2. The highest BCUT2D eigenvalue weighted by atomic mass is 16.2. The number of hydrogen-bond acceptors (Lipinski definition) is 4. The van der Waals surface area contributed by atoms with E-state index in [1.807, 2.05) is 0 Å². The van der Waals surface area contributed by atoms with Crippen LogP contribution in [0.2, 0.25) is 0 Å². The van der Waals surface area contributed by atoms with E-state index in [9.17, 15) is 4.79 Å². The lowest BCUT2D eigenvalue weighted by atomic mass is 9.96. The molecule has 2 heterocycles. The molecule has 3 N–H and O–H groups in total. The average molecular weight is 265 g/mol. The maximum Gasteiger partial charge on any atom is 0.290 e. The van der Waals surface area contributed by atoms with Crippen LogP contribution >= 0.6 is 0 Å². The third-order valence-electron chi connectivity index (χ3n) is 3.46. The number of amides is 1. The lowest BCUT2D eigenvalue weighted by Gasteiger charge is -2.22. The average Bonchev–Trinajstić information content (AvgIpc) is 2.89. The number of aromatic nitrogens is 3. The zero-order valence-corrected chi connectivity index (χ0v) is 11.5. The number of H-pyrrole nitrogens is 1. The molecule has 1 unspecified atom stereocenters. The zero-order valence-electron chi connectivity index (χ0n) is 11.5. The summed E-state index contributed by atoms with van der Waals surface area (Å²) < 4.78 is 0. The summed E-state index contributed by atoms with van der Waals surface area (Å²) in [6.07, 6.45) is 5.33. The lowest BCUT2D eigenvalue weighted by Crippen LogP contribution is -2.33. The summed E-state index contributed by atoms with van der Waals surface area (Å²) in [5.74, 6) is 1.54. The Bertz CT molecular complexity index is 397. The number of hydrogen-bond donors (Lipinski definition) is 3. The molecule has 0 saturated carbocycles. The van der Waals surface area contributed by atoms with Crippen LogP contribution in [-0.4, -0.2) is 40.7 Å². The molecule has 2 rings (SSSR count). The molecule has 1 aromatic heterocycles. The van der Waals surface area contributed by atoms with Gasteiger partial charge in [-0.2, -0.15) is 0 Å². The normalized spacial score (nSPS) is 19.3. The van der Waals surface area contributed by atoms with Gasteiger partial charge in [-0.3, -0.25) is 9.89 Å². The van der Waals surface area contributed by atoms with Crippen molar-refractivity contribution in [3.05, 3.63) is 11.6 Å². The van der Waals surface area contributed by atoms with Crippen molar-refractivity contribution in [3.8, 4) is 0 Å². The standard InChI is InChI=1S/C13H23N5O/c1-2-4-11-16-12(18-17-11)13(19)15-8-6-10-5-3-7-14-9-10/h10,14H,2-9H2,1H3,(H,15,19)(H,16,17,18). The van der Waals surface area contributed by atoms with Crippen LogP contribution in [0.1, 0.15) is 49.1 Å². The Labute approximate surface area is 113 Å². The highest BCUT2D eigenvalue weighted by Crippen LogP contribution is 2.12. The minimum Gasteiger partial charge on any atom is -0.349 e. The molecule has 1 fully saturated rings.